The van der Waals surface area contributed by atoms with Gasteiger partial charge in [-0.25, -0.2) is 0 Å². The number of aromatic nitrogens is 1. The molecule has 3 atom stereocenters. The fourth-order valence-corrected chi connectivity index (χ4v) is 5.08. The van der Waals surface area contributed by atoms with Crippen molar-refractivity contribution >= 4 is 0 Å². The van der Waals surface area contributed by atoms with Gasteiger partial charge < -0.3 is 0 Å². The Hall–Kier alpha value is -0.890. The lowest BCUT2D eigenvalue weighted by Crippen LogP contribution is -2.31. The molecule has 2 nitrogen and oxygen atoms in total. The molecule has 1 aromatic heterocycles. The van der Waals surface area contributed by atoms with Gasteiger partial charge >= 0.3 is 0 Å². The third-order valence-corrected chi connectivity index (χ3v) is 6.42. The molecule has 3 heterocycles. The molecule has 0 N–H and O–H groups in total. The van der Waals surface area contributed by atoms with Crippen molar-refractivity contribution in [3.05, 3.63) is 28.1 Å². The minimum atomic E-state index is 0.735. The van der Waals surface area contributed by atoms with Crippen LogP contribution in [0.5, 0.6) is 0 Å². The summed E-state index contributed by atoms with van der Waals surface area (Å²) in [6, 6.07) is 1.62. The van der Waals surface area contributed by atoms with E-state index in [1.54, 1.807) is 5.56 Å². The maximum absolute atomic E-state index is 5.05. The van der Waals surface area contributed by atoms with E-state index in [4.69, 9.17) is 4.98 Å². The van der Waals surface area contributed by atoms with Crippen molar-refractivity contribution in [1.29, 1.82) is 0 Å². The van der Waals surface area contributed by atoms with Gasteiger partial charge in [0.25, 0.3) is 0 Å². The highest BCUT2D eigenvalue weighted by molar-refractivity contribution is 5.43. The van der Waals surface area contributed by atoms with Crippen molar-refractivity contribution in [3.63, 3.8) is 0 Å². The third-order valence-electron chi connectivity index (χ3n) is 6.42. The Morgan fingerprint density at radius 2 is 1.83 bits per heavy atom. The second-order valence-corrected chi connectivity index (χ2v) is 7.79. The van der Waals surface area contributed by atoms with E-state index >= 15 is 0 Å². The average molecular weight is 315 g/mol. The van der Waals surface area contributed by atoms with Crippen molar-refractivity contribution in [2.45, 2.75) is 97.6 Å². The maximum Gasteiger partial charge on any atom is 0.0445 e. The van der Waals surface area contributed by atoms with Gasteiger partial charge in [0, 0.05) is 29.4 Å². The van der Waals surface area contributed by atoms with E-state index < -0.39 is 0 Å². The van der Waals surface area contributed by atoms with E-state index in [9.17, 15) is 0 Å². The van der Waals surface area contributed by atoms with Crippen molar-refractivity contribution in [1.82, 2.24) is 9.88 Å². The zero-order valence-electron chi connectivity index (χ0n) is 15.8. The average Bonchev–Trinajstić information content (AvgIpc) is 3.08. The molecule has 0 spiro atoms. The Morgan fingerprint density at radius 1 is 1.04 bits per heavy atom. The van der Waals surface area contributed by atoms with E-state index in [-0.39, 0.29) is 0 Å². The molecule has 2 saturated heterocycles. The van der Waals surface area contributed by atoms with Crippen LogP contribution in [0.25, 0.3) is 0 Å². The topological polar surface area (TPSA) is 16.1 Å². The largest absolute Gasteiger partial charge is 0.297 e. The molecule has 0 aliphatic carbocycles. The molecule has 0 aromatic carbocycles. The molecule has 2 aliphatic rings. The monoisotopic (exact) mass is 314 g/mol. The van der Waals surface area contributed by atoms with Gasteiger partial charge in [-0.3, -0.25) is 9.88 Å². The van der Waals surface area contributed by atoms with Gasteiger partial charge in [-0.05, 0) is 82.5 Å². The molecule has 2 unspecified atom stereocenters. The van der Waals surface area contributed by atoms with Crippen LogP contribution in [0.4, 0.5) is 0 Å². The number of nitrogens with zero attached hydrogens (tertiary/aromatic N) is 2. The van der Waals surface area contributed by atoms with Gasteiger partial charge in [0.15, 0.2) is 0 Å². The van der Waals surface area contributed by atoms with Gasteiger partial charge in [0.05, 0.1) is 0 Å². The molecule has 0 saturated carbocycles. The third kappa shape index (κ3) is 2.95. The van der Waals surface area contributed by atoms with Gasteiger partial charge in [-0.2, -0.15) is 0 Å². The molecular formula is C21H34N2. The summed E-state index contributed by atoms with van der Waals surface area (Å²) in [6.07, 6.45) is 9.15. The Kier molecular flexibility index (Phi) is 5.10. The highest BCUT2D eigenvalue weighted by Crippen LogP contribution is 2.48. The zero-order chi connectivity index (χ0) is 16.6. The fourth-order valence-electron chi connectivity index (χ4n) is 5.08. The van der Waals surface area contributed by atoms with E-state index in [1.807, 2.05) is 0 Å². The Labute approximate surface area is 142 Å². The molecule has 23 heavy (non-hydrogen) atoms. The van der Waals surface area contributed by atoms with Gasteiger partial charge in [0.1, 0.15) is 0 Å². The summed E-state index contributed by atoms with van der Waals surface area (Å²) in [5.74, 6) is 0.735. The lowest BCUT2D eigenvalue weighted by atomic mass is 9.79. The lowest BCUT2D eigenvalue weighted by molar-refractivity contribution is 0.248. The van der Waals surface area contributed by atoms with Crippen LogP contribution < -0.4 is 0 Å². The van der Waals surface area contributed by atoms with E-state index in [0.717, 1.165) is 24.4 Å². The summed E-state index contributed by atoms with van der Waals surface area (Å²) >= 11 is 0. The first kappa shape index (κ1) is 17.0. The van der Waals surface area contributed by atoms with Crippen LogP contribution in [-0.4, -0.2) is 28.5 Å². The summed E-state index contributed by atoms with van der Waals surface area (Å²) in [5, 5.41) is 0. The van der Waals surface area contributed by atoms with Crippen LogP contribution in [0.15, 0.2) is 0 Å². The summed E-state index contributed by atoms with van der Waals surface area (Å²) in [4.78, 5) is 7.87. The van der Waals surface area contributed by atoms with Crippen molar-refractivity contribution < 1.29 is 0 Å². The van der Waals surface area contributed by atoms with Crippen LogP contribution in [0.3, 0.4) is 0 Å². The standard InChI is InChI=1S/C21H34N2/c1-6-8-9-19-21(15(4)14(3)16(5)22-19)18-13-17-10-11-20(18)23(17)12-7-2/h17-18,20H,6-13H2,1-5H3/t17?,18-,20?/m0/s1. The minimum Gasteiger partial charge on any atom is -0.297 e. The number of fused-ring (bicyclic) bond motifs is 2. The number of rotatable bonds is 6. The minimum absolute atomic E-state index is 0.735. The first-order valence-corrected chi connectivity index (χ1v) is 9.80. The second kappa shape index (κ2) is 6.93. The summed E-state index contributed by atoms with van der Waals surface area (Å²) in [6.45, 7) is 12.7. The number of aryl methyl sites for hydroxylation is 2. The Bertz CT molecular complexity index is 563. The fraction of sp³-hybridized carbons (Fsp3) is 0.762. The molecule has 2 aliphatic heterocycles. The molecule has 2 fully saturated rings. The molecular weight excluding hydrogens is 280 g/mol. The quantitative estimate of drug-likeness (QED) is 0.728. The molecule has 128 valence electrons. The lowest BCUT2D eigenvalue weighted by Gasteiger charge is -2.28. The SMILES string of the molecule is CCCCc1nc(C)c(C)c(C)c1[C@H]1CC2CCC1N2CCC. The molecule has 0 amide bonds. The van der Waals surface area contributed by atoms with Crippen molar-refractivity contribution in [2.24, 2.45) is 0 Å². The predicted molar refractivity (Wildman–Crippen MR) is 98.2 cm³/mol. The predicted octanol–water partition coefficient (Wildman–Crippen LogP) is 5.08. The Morgan fingerprint density at radius 3 is 2.52 bits per heavy atom. The second-order valence-electron chi connectivity index (χ2n) is 7.79. The zero-order valence-corrected chi connectivity index (χ0v) is 15.8. The van der Waals surface area contributed by atoms with Gasteiger partial charge in [-0.15, -0.1) is 0 Å². The van der Waals surface area contributed by atoms with Gasteiger partial charge in [-0.1, -0.05) is 20.3 Å². The molecule has 1 aromatic rings. The van der Waals surface area contributed by atoms with Crippen LogP contribution in [0, 0.1) is 20.8 Å². The van der Waals surface area contributed by atoms with E-state index in [1.165, 1.54) is 67.6 Å². The molecule has 3 rings (SSSR count). The van der Waals surface area contributed by atoms with Crippen LogP contribution in [0.1, 0.15) is 86.4 Å². The molecule has 2 heteroatoms. The summed E-state index contributed by atoms with van der Waals surface area (Å²) < 4.78 is 0. The molecule has 2 bridgehead atoms. The van der Waals surface area contributed by atoms with E-state index in [0.29, 0.717) is 0 Å². The van der Waals surface area contributed by atoms with Crippen LogP contribution in [0.2, 0.25) is 0 Å². The maximum atomic E-state index is 5.05. The molecule has 0 radical (unpaired) electrons. The van der Waals surface area contributed by atoms with Crippen LogP contribution >= 0.6 is 0 Å². The first-order valence-electron chi connectivity index (χ1n) is 9.80. The number of pyridine rings is 1. The first-order chi connectivity index (χ1) is 11.1. The normalized spacial score (nSPS) is 27.1. The number of unbranched alkanes of at least 4 members (excludes halogenated alkanes) is 1. The highest BCUT2D eigenvalue weighted by Gasteiger charge is 2.47. The van der Waals surface area contributed by atoms with Crippen molar-refractivity contribution in [2.75, 3.05) is 6.54 Å². The Balaban J connectivity index is 1.97. The summed E-state index contributed by atoms with van der Waals surface area (Å²) in [7, 11) is 0. The van der Waals surface area contributed by atoms with Crippen LogP contribution in [-0.2, 0) is 6.42 Å². The van der Waals surface area contributed by atoms with Crippen molar-refractivity contribution in [3.8, 4) is 0 Å². The van der Waals surface area contributed by atoms with Gasteiger partial charge in [0.2, 0.25) is 0 Å². The number of hydrogen-bond acceptors (Lipinski definition) is 2. The smallest absolute Gasteiger partial charge is 0.0445 e. The number of hydrogen-bond donors (Lipinski definition) is 0. The summed E-state index contributed by atoms with van der Waals surface area (Å²) in [5.41, 5.74) is 7.25. The highest BCUT2D eigenvalue weighted by atomic mass is 15.2. The van der Waals surface area contributed by atoms with E-state index in [2.05, 4.69) is 39.5 Å².